The molecule has 308 valence electrons. The molecule has 10 rings (SSSR count). The van der Waals surface area contributed by atoms with E-state index in [1.165, 1.54) is 45.1 Å². The Morgan fingerprint density at radius 3 is 2.23 bits per heavy atom. The van der Waals surface area contributed by atoms with Crippen LogP contribution in [0, 0.1) is 37.5 Å². The normalized spacial score (nSPS) is 21.4. The number of nitrogens with one attached hydrogen (secondary N) is 1. The summed E-state index contributed by atoms with van der Waals surface area (Å²) in [4.78, 5) is 24.8. The summed E-state index contributed by atoms with van der Waals surface area (Å²) in [5, 5.41) is 31.8. The maximum absolute atomic E-state index is 13.1. The molecule has 1 amide bonds. The molecule has 1 N–H and O–H groups in total. The van der Waals surface area contributed by atoms with Gasteiger partial charge in [0.05, 0.1) is 22.4 Å². The number of nitrogens with zero attached hydrogens (tertiary/aromatic N) is 9. The maximum Gasteiger partial charge on any atom is 0.272 e. The number of aliphatic imine (C=N–C) groups is 1. The lowest BCUT2D eigenvalue weighted by atomic mass is 9.71. The fraction of sp³-hybridized carbons (Fsp3) is 0.457. The molecular formula is C46H49ClN10O2S. The number of piperidine rings is 2. The average molecular weight is 841 g/mol. The van der Waals surface area contributed by atoms with Crippen LogP contribution in [0.5, 0.6) is 5.75 Å². The molecule has 0 unspecified atom stereocenters. The largest absolute Gasteiger partial charge is 0.490 e. The monoisotopic (exact) mass is 840 g/mol. The number of amides is 1. The highest BCUT2D eigenvalue weighted by Gasteiger charge is 2.51. The van der Waals surface area contributed by atoms with E-state index in [1.807, 2.05) is 24.3 Å². The predicted octanol–water partition coefficient (Wildman–Crippen LogP) is 8.42. The van der Waals surface area contributed by atoms with E-state index in [0.29, 0.717) is 27.4 Å². The number of ether oxygens (including phenoxy) is 1. The molecule has 2 saturated heterocycles. The molecule has 2 aromatic carbocycles. The minimum Gasteiger partial charge on any atom is -0.490 e. The van der Waals surface area contributed by atoms with E-state index in [1.54, 1.807) is 24.3 Å². The lowest BCUT2D eigenvalue weighted by molar-refractivity contribution is 0.0888. The van der Waals surface area contributed by atoms with E-state index in [4.69, 9.17) is 26.6 Å². The van der Waals surface area contributed by atoms with E-state index in [2.05, 4.69) is 84.3 Å². The maximum atomic E-state index is 13.1. The van der Waals surface area contributed by atoms with Crippen LogP contribution in [0.3, 0.4) is 0 Å². The number of rotatable bonds is 7. The van der Waals surface area contributed by atoms with Crippen molar-refractivity contribution in [2.45, 2.75) is 103 Å². The van der Waals surface area contributed by atoms with Crippen molar-refractivity contribution in [1.29, 1.82) is 5.26 Å². The molecule has 0 atom stereocenters. The lowest BCUT2D eigenvalue weighted by Crippen LogP contribution is -2.47. The summed E-state index contributed by atoms with van der Waals surface area (Å²) in [6, 6.07) is 20.2. The Labute approximate surface area is 359 Å². The molecule has 4 fully saturated rings. The van der Waals surface area contributed by atoms with Crippen molar-refractivity contribution in [2.24, 2.45) is 10.4 Å². The van der Waals surface area contributed by atoms with Gasteiger partial charge in [0.25, 0.3) is 5.91 Å². The summed E-state index contributed by atoms with van der Waals surface area (Å²) >= 11 is 7.99. The molecule has 14 heteroatoms. The van der Waals surface area contributed by atoms with Crippen LogP contribution < -0.4 is 19.9 Å². The SMILES string of the molecule is Cc1sc2c(c1C)C(c1ccc(N3CCC4(CC3)CCN(c3ccc(C(=O)NC5CCC(Oc6ccc(C#N)c(Cl)c6)CC5)nn3)CC4)cc1)=NC1(CC1)c1nnc(C)n1-2. The number of anilines is 2. The Kier molecular flexibility index (Phi) is 9.91. The molecule has 5 aromatic rings. The third kappa shape index (κ3) is 7.11. The van der Waals surface area contributed by atoms with E-state index in [-0.39, 0.29) is 23.6 Å². The van der Waals surface area contributed by atoms with Gasteiger partial charge >= 0.3 is 0 Å². The first-order chi connectivity index (χ1) is 29.1. The van der Waals surface area contributed by atoms with Crippen LogP contribution in [-0.4, -0.2) is 74.9 Å². The van der Waals surface area contributed by atoms with Gasteiger partial charge in [0, 0.05) is 60.0 Å². The van der Waals surface area contributed by atoms with E-state index in [9.17, 15) is 4.79 Å². The topological polar surface area (TPSA) is 137 Å². The van der Waals surface area contributed by atoms with Crippen molar-refractivity contribution < 1.29 is 9.53 Å². The third-order valence-corrected chi connectivity index (χ3v) is 15.3. The predicted molar refractivity (Wildman–Crippen MR) is 234 cm³/mol. The number of nitriles is 1. The van der Waals surface area contributed by atoms with Crippen LogP contribution in [0.1, 0.15) is 113 Å². The van der Waals surface area contributed by atoms with Crippen molar-refractivity contribution in [3.05, 3.63) is 104 Å². The fourth-order valence-corrected chi connectivity index (χ4v) is 11.2. The highest BCUT2D eigenvalue weighted by molar-refractivity contribution is 7.15. The van der Waals surface area contributed by atoms with Crippen LogP contribution in [-0.2, 0) is 5.54 Å². The van der Waals surface area contributed by atoms with Gasteiger partial charge in [-0.1, -0.05) is 23.7 Å². The smallest absolute Gasteiger partial charge is 0.272 e. The van der Waals surface area contributed by atoms with Gasteiger partial charge in [-0.15, -0.1) is 31.7 Å². The van der Waals surface area contributed by atoms with Crippen molar-refractivity contribution in [3.63, 3.8) is 0 Å². The van der Waals surface area contributed by atoms with Gasteiger partial charge in [-0.2, -0.15) is 5.26 Å². The second-order valence-corrected chi connectivity index (χ2v) is 19.1. The van der Waals surface area contributed by atoms with E-state index < -0.39 is 0 Å². The molecule has 2 saturated carbocycles. The van der Waals surface area contributed by atoms with Crippen LogP contribution in [0.2, 0.25) is 5.02 Å². The Bertz CT molecular complexity index is 2510. The van der Waals surface area contributed by atoms with Crippen molar-refractivity contribution >= 4 is 46.1 Å². The Balaban J connectivity index is 0.711. The zero-order valence-electron chi connectivity index (χ0n) is 34.4. The first-order valence-electron chi connectivity index (χ1n) is 21.4. The third-order valence-electron chi connectivity index (χ3n) is 13.8. The Morgan fingerprint density at radius 1 is 0.867 bits per heavy atom. The quantitative estimate of drug-likeness (QED) is 0.171. The molecule has 6 heterocycles. The lowest BCUT2D eigenvalue weighted by Gasteiger charge is -2.47. The van der Waals surface area contributed by atoms with E-state index in [0.717, 1.165) is 101 Å². The summed E-state index contributed by atoms with van der Waals surface area (Å²) in [5.41, 5.74) is 6.88. The first-order valence-corrected chi connectivity index (χ1v) is 22.5. The number of aromatic nitrogens is 5. The van der Waals surface area contributed by atoms with Gasteiger partial charge in [-0.05, 0) is 132 Å². The number of aryl methyl sites for hydroxylation is 2. The number of hydrogen-bond donors (Lipinski definition) is 1. The molecule has 2 aliphatic carbocycles. The molecule has 3 aliphatic heterocycles. The summed E-state index contributed by atoms with van der Waals surface area (Å²) in [5.74, 6) is 3.22. The Morgan fingerprint density at radius 2 is 1.58 bits per heavy atom. The summed E-state index contributed by atoms with van der Waals surface area (Å²) in [6.07, 6.45) is 9.91. The van der Waals surface area contributed by atoms with Gasteiger partial charge < -0.3 is 19.9 Å². The Hall–Kier alpha value is -5.32. The zero-order chi connectivity index (χ0) is 41.2. The van der Waals surface area contributed by atoms with Crippen LogP contribution in [0.4, 0.5) is 11.5 Å². The fourth-order valence-electron chi connectivity index (χ4n) is 9.77. The molecule has 2 spiro atoms. The van der Waals surface area contributed by atoms with E-state index >= 15 is 0 Å². The number of carbonyl (C=O) groups is 1. The molecule has 60 heavy (non-hydrogen) atoms. The van der Waals surface area contributed by atoms with Crippen LogP contribution >= 0.6 is 22.9 Å². The number of thiophene rings is 1. The number of halogens is 1. The number of benzene rings is 2. The highest BCUT2D eigenvalue weighted by Crippen LogP contribution is 2.53. The van der Waals surface area contributed by atoms with Crippen molar-refractivity contribution in [3.8, 4) is 16.8 Å². The van der Waals surface area contributed by atoms with Gasteiger partial charge in [0.15, 0.2) is 17.3 Å². The second-order valence-electron chi connectivity index (χ2n) is 17.5. The second kappa shape index (κ2) is 15.3. The minimum atomic E-state index is -0.276. The summed E-state index contributed by atoms with van der Waals surface area (Å²) < 4.78 is 8.38. The average Bonchev–Trinajstić information content (AvgIpc) is 3.88. The van der Waals surface area contributed by atoms with Crippen LogP contribution in [0.25, 0.3) is 5.00 Å². The molecule has 0 bridgehead atoms. The number of carbonyl (C=O) groups excluding carboxylic acids is 1. The first kappa shape index (κ1) is 38.9. The van der Waals surface area contributed by atoms with Gasteiger partial charge in [0.1, 0.15) is 28.2 Å². The van der Waals surface area contributed by atoms with Crippen molar-refractivity contribution in [2.75, 3.05) is 36.0 Å². The standard InChI is InChI=1S/C46H49ClN10O2S/c1-28-29(2)60-43-40(28)41(50-46(16-17-46)44-54-51-30(3)57(43)44)31-4-9-34(10-5-31)55-22-18-45(19-23-55)20-24-56(25-21-45)39-15-14-38(52-53-39)42(58)49-33-7-12-35(13-8-33)59-36-11-6-32(27-48)37(47)26-36/h4-6,9-11,14-15,26,33,35H,7-8,12-13,16-25H2,1-3H3,(H,49,58). The molecule has 12 nitrogen and oxygen atoms in total. The van der Waals surface area contributed by atoms with Crippen molar-refractivity contribution in [1.82, 2.24) is 30.3 Å². The molecule has 5 aliphatic rings. The van der Waals surface area contributed by atoms with Gasteiger partial charge in [0.2, 0.25) is 0 Å². The minimum absolute atomic E-state index is 0.0404. The molecule has 0 radical (unpaired) electrons. The highest BCUT2D eigenvalue weighted by atomic mass is 35.5. The van der Waals surface area contributed by atoms with Gasteiger partial charge in [-0.3, -0.25) is 14.4 Å². The van der Waals surface area contributed by atoms with Crippen LogP contribution in [0.15, 0.2) is 59.6 Å². The zero-order valence-corrected chi connectivity index (χ0v) is 36.0. The van der Waals surface area contributed by atoms with Gasteiger partial charge in [-0.25, -0.2) is 0 Å². The molecular weight excluding hydrogens is 792 g/mol. The summed E-state index contributed by atoms with van der Waals surface area (Å²) in [6.45, 7) is 10.5. The number of fused-ring (bicyclic) bond motifs is 4. The number of hydrogen-bond acceptors (Lipinski definition) is 11. The molecule has 3 aromatic heterocycles. The summed E-state index contributed by atoms with van der Waals surface area (Å²) in [7, 11) is 0.